The molecule has 0 saturated carbocycles. The number of nitrogens with zero attached hydrogens (tertiary/aromatic N) is 2. The van der Waals surface area contributed by atoms with E-state index >= 15 is 0 Å². The van der Waals surface area contributed by atoms with Gasteiger partial charge in [-0.2, -0.15) is 0 Å². The van der Waals surface area contributed by atoms with E-state index in [1.807, 2.05) is 12.1 Å². The van der Waals surface area contributed by atoms with Crippen molar-refractivity contribution in [2.45, 2.75) is 26.3 Å². The molecule has 2 N–H and O–H groups in total. The Bertz CT molecular complexity index is 592. The van der Waals surface area contributed by atoms with Gasteiger partial charge in [0.15, 0.2) is 0 Å². The number of anilines is 2. The number of aryl methyl sites for hydroxylation is 1. The minimum atomic E-state index is 0.775. The second-order valence-electron chi connectivity index (χ2n) is 5.08. The molecule has 19 heavy (non-hydrogen) atoms. The highest BCUT2D eigenvalue weighted by Crippen LogP contribution is 2.25. The van der Waals surface area contributed by atoms with E-state index in [-0.39, 0.29) is 0 Å². The number of aromatic nitrogens is 1. The second-order valence-corrected chi connectivity index (χ2v) is 5.08. The first-order valence-corrected chi connectivity index (χ1v) is 6.83. The molecule has 1 aliphatic heterocycles. The molecule has 0 spiro atoms. The van der Waals surface area contributed by atoms with Crippen LogP contribution in [0, 0.1) is 0 Å². The first-order valence-electron chi connectivity index (χ1n) is 6.83. The number of hydrogen-bond acceptors (Lipinski definition) is 3. The van der Waals surface area contributed by atoms with E-state index in [1.165, 1.54) is 16.7 Å². The summed E-state index contributed by atoms with van der Waals surface area (Å²) in [5.41, 5.74) is 10.9. The van der Waals surface area contributed by atoms with Crippen LogP contribution in [0.4, 0.5) is 11.5 Å². The van der Waals surface area contributed by atoms with Crippen LogP contribution in [-0.2, 0) is 19.4 Å². The maximum absolute atomic E-state index is 5.83. The molecule has 0 bridgehead atoms. The summed E-state index contributed by atoms with van der Waals surface area (Å²) in [7, 11) is 0. The molecule has 0 aliphatic carbocycles. The zero-order chi connectivity index (χ0) is 13.2. The lowest BCUT2D eigenvalue weighted by Crippen LogP contribution is -2.31. The number of nitrogen functional groups attached to an aromatic ring is 1. The molecule has 3 rings (SSSR count). The lowest BCUT2D eigenvalue weighted by atomic mass is 9.96. The van der Waals surface area contributed by atoms with E-state index in [0.29, 0.717) is 0 Å². The summed E-state index contributed by atoms with van der Waals surface area (Å²) < 4.78 is 0. The summed E-state index contributed by atoms with van der Waals surface area (Å²) in [4.78, 5) is 6.71. The third-order valence-electron chi connectivity index (χ3n) is 3.78. The summed E-state index contributed by atoms with van der Waals surface area (Å²) in [5.74, 6) is 0.977. The van der Waals surface area contributed by atoms with Crippen LogP contribution in [0.5, 0.6) is 0 Å². The molecule has 0 atom stereocenters. The SMILES string of the molecule is CCc1ccc2c(c1)CCN(c1cc(N)ccn1)C2. The van der Waals surface area contributed by atoms with Crippen LogP contribution >= 0.6 is 0 Å². The molecule has 0 saturated heterocycles. The lowest BCUT2D eigenvalue weighted by molar-refractivity contribution is 0.720. The van der Waals surface area contributed by atoms with E-state index in [4.69, 9.17) is 5.73 Å². The molecular weight excluding hydrogens is 234 g/mol. The van der Waals surface area contributed by atoms with Crippen molar-refractivity contribution >= 4 is 11.5 Å². The zero-order valence-electron chi connectivity index (χ0n) is 11.3. The molecule has 0 amide bonds. The van der Waals surface area contributed by atoms with Gasteiger partial charge in [-0.15, -0.1) is 0 Å². The van der Waals surface area contributed by atoms with Gasteiger partial charge in [-0.05, 0) is 35.6 Å². The van der Waals surface area contributed by atoms with Crippen molar-refractivity contribution in [3.63, 3.8) is 0 Å². The van der Waals surface area contributed by atoms with E-state index in [1.54, 1.807) is 6.20 Å². The maximum atomic E-state index is 5.83. The van der Waals surface area contributed by atoms with Crippen molar-refractivity contribution in [3.05, 3.63) is 53.2 Å². The van der Waals surface area contributed by atoms with Crippen LogP contribution in [0.1, 0.15) is 23.6 Å². The van der Waals surface area contributed by atoms with Crippen LogP contribution < -0.4 is 10.6 Å². The van der Waals surface area contributed by atoms with Crippen LogP contribution in [0.15, 0.2) is 36.5 Å². The Balaban J connectivity index is 1.86. The molecule has 0 fully saturated rings. The minimum Gasteiger partial charge on any atom is -0.399 e. The Hall–Kier alpha value is -2.03. The third-order valence-corrected chi connectivity index (χ3v) is 3.78. The van der Waals surface area contributed by atoms with Crippen LogP contribution in [0.25, 0.3) is 0 Å². The molecule has 3 nitrogen and oxygen atoms in total. The molecule has 2 aromatic rings. The number of fused-ring (bicyclic) bond motifs is 1. The molecule has 1 aliphatic rings. The van der Waals surface area contributed by atoms with Gasteiger partial charge in [0.2, 0.25) is 0 Å². The standard InChI is InChI=1S/C16H19N3/c1-2-12-3-4-14-11-19(8-6-13(14)9-12)16-10-15(17)5-7-18-16/h3-5,7,9-10H,2,6,8,11H2,1H3,(H2,17,18). The number of rotatable bonds is 2. The summed E-state index contributed by atoms with van der Waals surface area (Å²) in [6.07, 6.45) is 3.97. The van der Waals surface area contributed by atoms with Gasteiger partial charge in [-0.1, -0.05) is 25.1 Å². The Morgan fingerprint density at radius 2 is 2.11 bits per heavy atom. The van der Waals surface area contributed by atoms with E-state index in [2.05, 4.69) is 35.0 Å². The predicted octanol–water partition coefficient (Wildman–Crippen LogP) is 2.79. The van der Waals surface area contributed by atoms with Gasteiger partial charge in [0, 0.05) is 31.0 Å². The summed E-state index contributed by atoms with van der Waals surface area (Å²) in [6.45, 7) is 4.14. The molecule has 0 unspecified atom stereocenters. The summed E-state index contributed by atoms with van der Waals surface area (Å²) in [6, 6.07) is 10.6. The van der Waals surface area contributed by atoms with Crippen molar-refractivity contribution < 1.29 is 0 Å². The first kappa shape index (κ1) is 12.0. The van der Waals surface area contributed by atoms with Gasteiger partial charge >= 0.3 is 0 Å². The fourth-order valence-electron chi connectivity index (χ4n) is 2.63. The van der Waals surface area contributed by atoms with Gasteiger partial charge in [-0.3, -0.25) is 0 Å². The topological polar surface area (TPSA) is 42.1 Å². The van der Waals surface area contributed by atoms with Crippen molar-refractivity contribution in [1.82, 2.24) is 4.98 Å². The maximum Gasteiger partial charge on any atom is 0.130 e. The number of nitrogens with two attached hydrogens (primary N) is 1. The quantitative estimate of drug-likeness (QED) is 0.895. The molecule has 1 aromatic heterocycles. The van der Waals surface area contributed by atoms with Crippen LogP contribution in [0.3, 0.4) is 0 Å². The predicted molar refractivity (Wildman–Crippen MR) is 79.2 cm³/mol. The van der Waals surface area contributed by atoms with Crippen molar-refractivity contribution in [1.29, 1.82) is 0 Å². The van der Waals surface area contributed by atoms with Gasteiger partial charge in [0.1, 0.15) is 5.82 Å². The van der Waals surface area contributed by atoms with Gasteiger partial charge in [-0.25, -0.2) is 4.98 Å². The van der Waals surface area contributed by atoms with Gasteiger partial charge in [0.25, 0.3) is 0 Å². The molecule has 3 heteroatoms. The Morgan fingerprint density at radius 1 is 1.21 bits per heavy atom. The fraction of sp³-hybridized carbons (Fsp3) is 0.312. The lowest BCUT2D eigenvalue weighted by Gasteiger charge is -2.30. The average molecular weight is 253 g/mol. The monoisotopic (exact) mass is 253 g/mol. The Morgan fingerprint density at radius 3 is 2.89 bits per heavy atom. The molecule has 98 valence electrons. The van der Waals surface area contributed by atoms with E-state index in [0.717, 1.165) is 37.4 Å². The highest BCUT2D eigenvalue weighted by atomic mass is 15.2. The molecule has 1 aromatic carbocycles. The van der Waals surface area contributed by atoms with E-state index < -0.39 is 0 Å². The molecule has 0 radical (unpaired) electrons. The zero-order valence-corrected chi connectivity index (χ0v) is 11.3. The van der Waals surface area contributed by atoms with Gasteiger partial charge < -0.3 is 10.6 Å². The average Bonchev–Trinajstić information content (AvgIpc) is 2.46. The number of benzene rings is 1. The summed E-state index contributed by atoms with van der Waals surface area (Å²) >= 11 is 0. The number of hydrogen-bond donors (Lipinski definition) is 1. The van der Waals surface area contributed by atoms with Crippen molar-refractivity contribution in [2.75, 3.05) is 17.2 Å². The normalized spacial score (nSPS) is 14.3. The largest absolute Gasteiger partial charge is 0.399 e. The number of pyridine rings is 1. The smallest absolute Gasteiger partial charge is 0.130 e. The van der Waals surface area contributed by atoms with Crippen molar-refractivity contribution in [2.24, 2.45) is 0 Å². The Kier molecular flexibility index (Phi) is 3.11. The second kappa shape index (κ2) is 4.92. The fourth-order valence-corrected chi connectivity index (χ4v) is 2.63. The summed E-state index contributed by atoms with van der Waals surface area (Å²) in [5, 5.41) is 0. The Labute approximate surface area is 114 Å². The third kappa shape index (κ3) is 2.41. The van der Waals surface area contributed by atoms with Crippen LogP contribution in [0.2, 0.25) is 0 Å². The van der Waals surface area contributed by atoms with Crippen molar-refractivity contribution in [3.8, 4) is 0 Å². The first-order chi connectivity index (χ1) is 9.26. The van der Waals surface area contributed by atoms with Gasteiger partial charge in [0.05, 0.1) is 0 Å². The molecular formula is C16H19N3. The van der Waals surface area contributed by atoms with Crippen LogP contribution in [-0.4, -0.2) is 11.5 Å². The minimum absolute atomic E-state index is 0.775. The highest BCUT2D eigenvalue weighted by Gasteiger charge is 2.17. The highest BCUT2D eigenvalue weighted by molar-refractivity contribution is 5.52. The van der Waals surface area contributed by atoms with E-state index in [9.17, 15) is 0 Å². The molecule has 2 heterocycles.